The Morgan fingerprint density at radius 3 is 2.53 bits per heavy atom. The van der Waals surface area contributed by atoms with E-state index >= 15 is 0 Å². The van der Waals surface area contributed by atoms with Crippen LogP contribution in [0.15, 0.2) is 36.4 Å². The van der Waals surface area contributed by atoms with E-state index in [0.29, 0.717) is 18.0 Å². The van der Waals surface area contributed by atoms with Crippen LogP contribution in [0.25, 0.3) is 0 Å². The minimum Gasteiger partial charge on any atom is -0.454 e. The van der Waals surface area contributed by atoms with E-state index in [1.165, 1.54) is 18.2 Å². The van der Waals surface area contributed by atoms with Crippen molar-refractivity contribution in [2.75, 3.05) is 12.1 Å². The molecule has 0 aromatic heterocycles. The van der Waals surface area contributed by atoms with Gasteiger partial charge in [0, 0.05) is 6.54 Å². The summed E-state index contributed by atoms with van der Waals surface area (Å²) in [6.45, 7) is 0.503. The molecule has 19 heavy (non-hydrogen) atoms. The molecule has 0 unspecified atom stereocenters. The summed E-state index contributed by atoms with van der Waals surface area (Å²) in [7, 11) is 0. The fraction of sp³-hybridized carbons (Fsp3) is 0.143. The van der Waals surface area contributed by atoms with Gasteiger partial charge in [-0.05, 0) is 29.8 Å². The Morgan fingerprint density at radius 1 is 1.00 bits per heavy atom. The smallest absolute Gasteiger partial charge is 0.231 e. The Morgan fingerprint density at radius 2 is 1.74 bits per heavy atom. The van der Waals surface area contributed by atoms with E-state index in [-0.39, 0.29) is 12.5 Å². The third kappa shape index (κ3) is 2.31. The second kappa shape index (κ2) is 4.76. The van der Waals surface area contributed by atoms with E-state index in [2.05, 4.69) is 5.32 Å². The van der Waals surface area contributed by atoms with Crippen LogP contribution in [0, 0.1) is 11.6 Å². The second-order valence-electron chi connectivity index (χ2n) is 4.14. The van der Waals surface area contributed by atoms with E-state index in [0.717, 1.165) is 5.56 Å². The van der Waals surface area contributed by atoms with Gasteiger partial charge in [0.25, 0.3) is 0 Å². The van der Waals surface area contributed by atoms with Gasteiger partial charge < -0.3 is 14.8 Å². The molecule has 98 valence electrons. The highest BCUT2D eigenvalue weighted by molar-refractivity contribution is 5.49. The van der Waals surface area contributed by atoms with Crippen molar-refractivity contribution < 1.29 is 18.3 Å². The van der Waals surface area contributed by atoms with Crippen molar-refractivity contribution in [1.29, 1.82) is 0 Å². The number of hydrogen-bond acceptors (Lipinski definition) is 3. The second-order valence-corrected chi connectivity index (χ2v) is 4.14. The molecule has 0 saturated heterocycles. The first kappa shape index (κ1) is 11.8. The molecule has 3 nitrogen and oxygen atoms in total. The first-order chi connectivity index (χ1) is 9.24. The monoisotopic (exact) mass is 263 g/mol. The number of nitrogens with one attached hydrogen (secondary N) is 1. The molecule has 1 aliphatic rings. The van der Waals surface area contributed by atoms with Crippen LogP contribution in [0.5, 0.6) is 11.5 Å². The Kier molecular flexibility index (Phi) is 2.95. The molecule has 0 fully saturated rings. The van der Waals surface area contributed by atoms with Crippen molar-refractivity contribution >= 4 is 5.69 Å². The Balaban J connectivity index is 1.76. The summed E-state index contributed by atoms with van der Waals surface area (Å²) in [6, 6.07) is 9.14. The van der Waals surface area contributed by atoms with Gasteiger partial charge in [-0.25, -0.2) is 8.78 Å². The third-order valence-corrected chi connectivity index (χ3v) is 2.87. The summed E-state index contributed by atoms with van der Waals surface area (Å²) >= 11 is 0. The normalized spacial score (nSPS) is 12.5. The van der Waals surface area contributed by atoms with Crippen molar-refractivity contribution in [3.63, 3.8) is 0 Å². The summed E-state index contributed by atoms with van der Waals surface area (Å²) in [6.07, 6.45) is 0. The van der Waals surface area contributed by atoms with Gasteiger partial charge in [-0.1, -0.05) is 12.1 Å². The molecule has 2 aromatic carbocycles. The first-order valence-corrected chi connectivity index (χ1v) is 5.80. The van der Waals surface area contributed by atoms with Gasteiger partial charge in [0.1, 0.15) is 17.3 Å². The average molecular weight is 263 g/mol. The predicted octanol–water partition coefficient (Wildman–Crippen LogP) is 3.31. The zero-order valence-corrected chi connectivity index (χ0v) is 9.95. The molecule has 1 N–H and O–H groups in total. The number of rotatable bonds is 3. The van der Waals surface area contributed by atoms with Gasteiger partial charge in [0.05, 0.1) is 0 Å². The van der Waals surface area contributed by atoms with E-state index in [9.17, 15) is 8.78 Å². The lowest BCUT2D eigenvalue weighted by atomic mass is 10.2. The zero-order valence-electron chi connectivity index (χ0n) is 9.95. The lowest BCUT2D eigenvalue weighted by Gasteiger charge is -2.09. The molecule has 0 bridgehead atoms. The largest absolute Gasteiger partial charge is 0.454 e. The van der Waals surface area contributed by atoms with Crippen LogP contribution in [0.3, 0.4) is 0 Å². The van der Waals surface area contributed by atoms with Crippen LogP contribution in [0.1, 0.15) is 5.56 Å². The summed E-state index contributed by atoms with van der Waals surface area (Å²) < 4.78 is 37.3. The number of benzene rings is 2. The van der Waals surface area contributed by atoms with Crippen LogP contribution in [-0.4, -0.2) is 6.79 Å². The molecule has 0 saturated carbocycles. The van der Waals surface area contributed by atoms with Crippen molar-refractivity contribution in [1.82, 2.24) is 0 Å². The molecule has 2 aromatic rings. The van der Waals surface area contributed by atoms with Crippen molar-refractivity contribution in [2.45, 2.75) is 6.54 Å². The SMILES string of the molecule is Fc1cccc(F)c1NCc1ccc2c(c1)OCO2. The fourth-order valence-corrected chi connectivity index (χ4v) is 1.91. The van der Waals surface area contributed by atoms with E-state index < -0.39 is 11.6 Å². The highest BCUT2D eigenvalue weighted by atomic mass is 19.1. The molecule has 3 rings (SSSR count). The Bertz CT molecular complexity index is 596. The topological polar surface area (TPSA) is 30.5 Å². The van der Waals surface area contributed by atoms with Crippen LogP contribution < -0.4 is 14.8 Å². The third-order valence-electron chi connectivity index (χ3n) is 2.87. The van der Waals surface area contributed by atoms with Crippen LogP contribution in [-0.2, 0) is 6.54 Å². The van der Waals surface area contributed by atoms with Crippen molar-refractivity contribution in [3.05, 3.63) is 53.6 Å². The number of anilines is 1. The quantitative estimate of drug-likeness (QED) is 0.921. The van der Waals surface area contributed by atoms with Crippen molar-refractivity contribution in [3.8, 4) is 11.5 Å². The highest BCUT2D eigenvalue weighted by Gasteiger charge is 2.13. The molecule has 1 heterocycles. The number of para-hydroxylation sites is 1. The van der Waals surface area contributed by atoms with E-state index in [1.807, 2.05) is 6.07 Å². The summed E-state index contributed by atoms with van der Waals surface area (Å²) in [5.41, 5.74) is 0.729. The van der Waals surface area contributed by atoms with E-state index in [4.69, 9.17) is 9.47 Å². The number of halogens is 2. The number of hydrogen-bond donors (Lipinski definition) is 1. The average Bonchev–Trinajstić information content (AvgIpc) is 2.85. The summed E-state index contributed by atoms with van der Waals surface area (Å²) in [5, 5.41) is 2.74. The first-order valence-electron chi connectivity index (χ1n) is 5.80. The molecular formula is C14H11F2NO2. The molecule has 0 radical (unpaired) electrons. The molecule has 1 aliphatic heterocycles. The number of ether oxygens (including phenoxy) is 2. The van der Waals surface area contributed by atoms with Gasteiger partial charge in [0.2, 0.25) is 6.79 Å². The van der Waals surface area contributed by atoms with Crippen LogP contribution in [0.2, 0.25) is 0 Å². The van der Waals surface area contributed by atoms with Crippen LogP contribution in [0.4, 0.5) is 14.5 Å². The van der Waals surface area contributed by atoms with Gasteiger partial charge in [-0.3, -0.25) is 0 Å². The van der Waals surface area contributed by atoms with Gasteiger partial charge >= 0.3 is 0 Å². The standard InChI is InChI=1S/C14H11F2NO2/c15-10-2-1-3-11(16)14(10)17-7-9-4-5-12-13(6-9)19-8-18-12/h1-6,17H,7-8H2. The molecule has 0 atom stereocenters. The highest BCUT2D eigenvalue weighted by Crippen LogP contribution is 2.32. The van der Waals surface area contributed by atoms with Gasteiger partial charge in [-0.15, -0.1) is 0 Å². The molecule has 0 spiro atoms. The van der Waals surface area contributed by atoms with Crippen LogP contribution >= 0.6 is 0 Å². The minimum absolute atomic E-state index is 0.125. The molecule has 0 aliphatic carbocycles. The molecular weight excluding hydrogens is 252 g/mol. The summed E-state index contributed by atoms with van der Waals surface area (Å²) in [5.74, 6) is 0.107. The van der Waals surface area contributed by atoms with E-state index in [1.54, 1.807) is 12.1 Å². The maximum Gasteiger partial charge on any atom is 0.231 e. The van der Waals surface area contributed by atoms with Gasteiger partial charge in [-0.2, -0.15) is 0 Å². The maximum atomic E-state index is 13.4. The Labute approximate surface area is 108 Å². The fourth-order valence-electron chi connectivity index (χ4n) is 1.91. The Hall–Kier alpha value is -2.30. The molecule has 0 amide bonds. The zero-order chi connectivity index (χ0) is 13.2. The lowest BCUT2D eigenvalue weighted by molar-refractivity contribution is 0.174. The number of fused-ring (bicyclic) bond motifs is 1. The van der Waals surface area contributed by atoms with Crippen molar-refractivity contribution in [2.24, 2.45) is 0 Å². The predicted molar refractivity (Wildman–Crippen MR) is 66.2 cm³/mol. The maximum absolute atomic E-state index is 13.4. The molecule has 5 heteroatoms. The van der Waals surface area contributed by atoms with Gasteiger partial charge in [0.15, 0.2) is 11.5 Å². The summed E-state index contributed by atoms with van der Waals surface area (Å²) in [4.78, 5) is 0. The lowest BCUT2D eigenvalue weighted by Crippen LogP contribution is -2.03. The minimum atomic E-state index is -0.610.